The Balaban J connectivity index is 2.20. The van der Waals surface area contributed by atoms with Crippen molar-refractivity contribution in [3.8, 4) is 17.2 Å². The first kappa shape index (κ1) is 25.3. The van der Waals surface area contributed by atoms with Crippen molar-refractivity contribution < 1.29 is 33.3 Å². The average Bonchev–Trinajstić information content (AvgIpc) is 2.81. The average molecular weight is 461 g/mol. The van der Waals surface area contributed by atoms with Crippen molar-refractivity contribution in [1.29, 1.82) is 0 Å². The first-order chi connectivity index (χ1) is 15.3. The van der Waals surface area contributed by atoms with E-state index in [1.807, 2.05) is 6.92 Å². The lowest BCUT2D eigenvalue weighted by Crippen LogP contribution is -2.33. The van der Waals surface area contributed by atoms with E-state index < -0.39 is 6.10 Å². The Bertz CT molecular complexity index is 950. The van der Waals surface area contributed by atoms with Crippen molar-refractivity contribution in [3.63, 3.8) is 0 Å². The van der Waals surface area contributed by atoms with E-state index in [2.05, 4.69) is 6.58 Å². The minimum atomic E-state index is -0.639. The van der Waals surface area contributed by atoms with Crippen molar-refractivity contribution in [1.82, 2.24) is 0 Å². The van der Waals surface area contributed by atoms with E-state index in [-0.39, 0.29) is 24.4 Å². The van der Waals surface area contributed by atoms with Crippen LogP contribution in [0.25, 0.3) is 0 Å². The highest BCUT2D eigenvalue weighted by atomic mass is 32.1. The van der Waals surface area contributed by atoms with Gasteiger partial charge in [0.25, 0.3) is 0 Å². The smallest absolute Gasteiger partial charge is 0.203 e. The molecule has 0 heterocycles. The molecule has 0 saturated heterocycles. The van der Waals surface area contributed by atoms with E-state index in [9.17, 15) is 9.59 Å². The molecule has 7 nitrogen and oxygen atoms in total. The SMILES string of the molecule is C=CCOC1=C(C)C=C(C(=O)CCC(=O)c2cc(OC)c(OC)c(OC)c2)C(=S)C1OC. The van der Waals surface area contributed by atoms with Crippen molar-refractivity contribution in [2.45, 2.75) is 25.9 Å². The van der Waals surface area contributed by atoms with E-state index in [4.69, 9.17) is 35.9 Å². The van der Waals surface area contributed by atoms with Gasteiger partial charge in [-0.2, -0.15) is 0 Å². The number of benzene rings is 1. The van der Waals surface area contributed by atoms with E-state index in [1.54, 1.807) is 24.3 Å². The molecule has 1 aromatic carbocycles. The standard InChI is InChI=1S/C24H28O7S/c1-7-10-31-21-14(2)11-16(24(32)23(21)30-6)18(26)9-8-17(25)15-12-19(27-3)22(29-5)20(13-15)28-4/h7,11-13,23H,1,8-10H2,2-6H3. The normalized spacial score (nSPS) is 15.7. The van der Waals surface area contributed by atoms with Gasteiger partial charge in [0.2, 0.25) is 5.75 Å². The highest BCUT2D eigenvalue weighted by molar-refractivity contribution is 7.81. The first-order valence-electron chi connectivity index (χ1n) is 9.92. The van der Waals surface area contributed by atoms with Crippen LogP contribution in [0.2, 0.25) is 0 Å². The van der Waals surface area contributed by atoms with E-state index in [1.165, 1.54) is 28.4 Å². The van der Waals surface area contributed by atoms with Crippen LogP contribution in [0.1, 0.15) is 30.1 Å². The summed E-state index contributed by atoms with van der Waals surface area (Å²) in [6.07, 6.45) is 2.66. The number of ether oxygens (including phenoxy) is 5. The Labute approximate surface area is 193 Å². The van der Waals surface area contributed by atoms with E-state index in [0.717, 1.165) is 5.57 Å². The lowest BCUT2D eigenvalue weighted by molar-refractivity contribution is -0.115. The number of carbonyl (C=O) groups is 2. The van der Waals surface area contributed by atoms with Crippen LogP contribution in [0.5, 0.6) is 17.2 Å². The summed E-state index contributed by atoms with van der Waals surface area (Å²) in [5.41, 5.74) is 1.46. The third kappa shape index (κ3) is 5.44. The predicted molar refractivity (Wildman–Crippen MR) is 125 cm³/mol. The molecule has 0 radical (unpaired) electrons. The summed E-state index contributed by atoms with van der Waals surface area (Å²) < 4.78 is 27.0. The summed E-state index contributed by atoms with van der Waals surface area (Å²) in [7, 11) is 5.93. The fourth-order valence-corrected chi connectivity index (χ4v) is 3.72. The molecule has 0 saturated carbocycles. The fourth-order valence-electron chi connectivity index (χ4n) is 3.34. The Morgan fingerprint density at radius 3 is 2.12 bits per heavy atom. The molecular weight excluding hydrogens is 432 g/mol. The zero-order valence-electron chi connectivity index (χ0n) is 19.0. The number of ketones is 2. The van der Waals surface area contributed by atoms with Crippen LogP contribution >= 0.6 is 12.2 Å². The highest BCUT2D eigenvalue weighted by Gasteiger charge is 2.32. The monoisotopic (exact) mass is 460 g/mol. The van der Waals surface area contributed by atoms with Gasteiger partial charge in [-0.15, -0.1) is 0 Å². The van der Waals surface area contributed by atoms with Gasteiger partial charge in [0.15, 0.2) is 23.1 Å². The molecule has 1 unspecified atom stereocenters. The zero-order chi connectivity index (χ0) is 23.8. The number of hydrogen-bond acceptors (Lipinski definition) is 8. The molecule has 2 rings (SSSR count). The fraction of sp³-hybridized carbons (Fsp3) is 0.375. The van der Waals surface area contributed by atoms with Crippen LogP contribution in [-0.2, 0) is 14.3 Å². The van der Waals surface area contributed by atoms with Gasteiger partial charge in [-0.05, 0) is 30.7 Å². The summed E-state index contributed by atoms with van der Waals surface area (Å²) in [6.45, 7) is 5.76. The second kappa shape index (κ2) is 11.6. The van der Waals surface area contributed by atoms with Crippen LogP contribution in [0.15, 0.2) is 47.8 Å². The van der Waals surface area contributed by atoms with Crippen molar-refractivity contribution in [2.24, 2.45) is 0 Å². The molecule has 0 bridgehead atoms. The Morgan fingerprint density at radius 1 is 1.03 bits per heavy atom. The van der Waals surface area contributed by atoms with Gasteiger partial charge >= 0.3 is 0 Å². The maximum absolute atomic E-state index is 12.9. The summed E-state index contributed by atoms with van der Waals surface area (Å²) in [6, 6.07) is 3.13. The molecule has 0 aromatic heterocycles. The second-order valence-corrected chi connectivity index (χ2v) is 7.39. The van der Waals surface area contributed by atoms with Gasteiger partial charge in [0, 0.05) is 31.1 Å². The Hall–Kier alpha value is -2.97. The highest BCUT2D eigenvalue weighted by Crippen LogP contribution is 2.38. The van der Waals surface area contributed by atoms with Gasteiger partial charge in [0.1, 0.15) is 18.5 Å². The van der Waals surface area contributed by atoms with Gasteiger partial charge in [0.05, 0.1) is 26.2 Å². The second-order valence-electron chi connectivity index (χ2n) is 6.95. The number of Topliss-reactive ketones (excluding diaryl/α,β-unsaturated/α-hetero) is 2. The molecule has 1 atom stereocenters. The van der Waals surface area contributed by atoms with Crippen molar-refractivity contribution in [3.05, 3.63) is 53.3 Å². The van der Waals surface area contributed by atoms with Crippen molar-refractivity contribution >= 4 is 28.6 Å². The first-order valence-corrected chi connectivity index (χ1v) is 10.3. The largest absolute Gasteiger partial charge is 0.493 e. The third-order valence-corrected chi connectivity index (χ3v) is 5.38. The molecule has 1 aliphatic rings. The molecule has 0 aliphatic heterocycles. The third-order valence-electron chi connectivity index (χ3n) is 4.95. The molecular formula is C24H28O7S. The molecule has 8 heteroatoms. The Kier molecular flexibility index (Phi) is 9.16. The molecule has 0 amide bonds. The summed E-state index contributed by atoms with van der Waals surface area (Å²) in [5.74, 6) is 1.22. The molecule has 32 heavy (non-hydrogen) atoms. The van der Waals surface area contributed by atoms with Gasteiger partial charge < -0.3 is 23.7 Å². The summed E-state index contributed by atoms with van der Waals surface area (Å²) >= 11 is 5.49. The number of rotatable bonds is 12. The molecule has 0 spiro atoms. The zero-order valence-corrected chi connectivity index (χ0v) is 19.8. The van der Waals surface area contributed by atoms with Gasteiger partial charge in [-0.1, -0.05) is 24.9 Å². The predicted octanol–water partition coefficient (Wildman–Crippen LogP) is 4.05. The molecule has 1 aliphatic carbocycles. The number of methoxy groups -OCH3 is 4. The van der Waals surface area contributed by atoms with Gasteiger partial charge in [-0.3, -0.25) is 9.59 Å². The van der Waals surface area contributed by atoms with Crippen LogP contribution < -0.4 is 14.2 Å². The molecule has 0 N–H and O–H groups in total. The van der Waals surface area contributed by atoms with E-state index in [0.29, 0.717) is 45.6 Å². The summed E-state index contributed by atoms with van der Waals surface area (Å²) in [4.78, 5) is 26.0. The molecule has 172 valence electrons. The quantitative estimate of drug-likeness (QED) is 0.263. The molecule has 0 fully saturated rings. The Morgan fingerprint density at radius 2 is 1.62 bits per heavy atom. The van der Waals surface area contributed by atoms with Crippen LogP contribution in [-0.4, -0.2) is 57.6 Å². The van der Waals surface area contributed by atoms with Crippen LogP contribution in [0, 0.1) is 0 Å². The van der Waals surface area contributed by atoms with Crippen LogP contribution in [0.3, 0.4) is 0 Å². The number of allylic oxidation sites excluding steroid dienone is 2. The topological polar surface area (TPSA) is 80.3 Å². The maximum Gasteiger partial charge on any atom is 0.203 e. The minimum absolute atomic E-state index is 0.00233. The summed E-state index contributed by atoms with van der Waals surface area (Å²) in [5, 5.41) is 0. The van der Waals surface area contributed by atoms with Crippen LogP contribution in [0.4, 0.5) is 0 Å². The molecule has 1 aromatic rings. The van der Waals surface area contributed by atoms with Gasteiger partial charge in [-0.25, -0.2) is 0 Å². The lowest BCUT2D eigenvalue weighted by atomic mass is 9.90. The lowest BCUT2D eigenvalue weighted by Gasteiger charge is -2.26. The number of carbonyl (C=O) groups excluding carboxylic acids is 2. The minimum Gasteiger partial charge on any atom is -0.493 e. The number of hydrogen-bond donors (Lipinski definition) is 0. The van der Waals surface area contributed by atoms with E-state index >= 15 is 0 Å². The maximum atomic E-state index is 12.9. The van der Waals surface area contributed by atoms with Crippen molar-refractivity contribution in [2.75, 3.05) is 35.0 Å². The number of thiocarbonyl (C=S) groups is 1.